The summed E-state index contributed by atoms with van der Waals surface area (Å²) in [7, 11) is -4.07. The lowest BCUT2D eigenvalue weighted by Gasteiger charge is -2.09. The Hall–Kier alpha value is -1.90. The minimum absolute atomic E-state index is 0.0588. The molecule has 0 radical (unpaired) electrons. The van der Waals surface area contributed by atoms with Crippen molar-refractivity contribution in [3.63, 3.8) is 0 Å². The number of rotatable bonds is 4. The summed E-state index contributed by atoms with van der Waals surface area (Å²) in [6.07, 6.45) is 0. The number of sulfonamides is 1. The number of nitro groups is 1. The van der Waals surface area contributed by atoms with Gasteiger partial charge in [-0.15, -0.1) is 0 Å². The van der Waals surface area contributed by atoms with E-state index >= 15 is 0 Å². The molecular formula is C12H7Cl2FN2O4S. The quantitative estimate of drug-likeness (QED) is 0.659. The molecule has 10 heteroatoms. The summed E-state index contributed by atoms with van der Waals surface area (Å²) in [6, 6.07) is 6.29. The van der Waals surface area contributed by atoms with Crippen molar-refractivity contribution in [1.82, 2.24) is 0 Å². The van der Waals surface area contributed by atoms with Crippen LogP contribution in [0.1, 0.15) is 0 Å². The zero-order chi connectivity index (χ0) is 16.5. The Morgan fingerprint density at radius 2 is 1.77 bits per heavy atom. The van der Waals surface area contributed by atoms with E-state index in [1.807, 2.05) is 0 Å². The van der Waals surface area contributed by atoms with E-state index in [1.54, 1.807) is 0 Å². The predicted molar refractivity (Wildman–Crippen MR) is 80.3 cm³/mol. The van der Waals surface area contributed by atoms with Crippen LogP contribution >= 0.6 is 23.2 Å². The van der Waals surface area contributed by atoms with Crippen LogP contribution in [0.2, 0.25) is 10.0 Å². The van der Waals surface area contributed by atoms with Crippen molar-refractivity contribution in [3.8, 4) is 0 Å². The van der Waals surface area contributed by atoms with Crippen LogP contribution in [-0.2, 0) is 10.0 Å². The van der Waals surface area contributed by atoms with Gasteiger partial charge in [-0.1, -0.05) is 23.2 Å². The number of nitrogens with zero attached hydrogens (tertiary/aromatic N) is 1. The van der Waals surface area contributed by atoms with E-state index in [9.17, 15) is 22.9 Å². The van der Waals surface area contributed by atoms with Crippen LogP contribution in [0, 0.1) is 15.9 Å². The maximum Gasteiger partial charge on any atom is 0.289 e. The highest BCUT2D eigenvalue weighted by Crippen LogP contribution is 2.29. The molecule has 0 heterocycles. The smallest absolute Gasteiger partial charge is 0.279 e. The van der Waals surface area contributed by atoms with Gasteiger partial charge in [-0.2, -0.15) is 0 Å². The molecule has 0 saturated heterocycles. The summed E-state index contributed by atoms with van der Waals surface area (Å²) in [5.74, 6) is -0.761. The summed E-state index contributed by atoms with van der Waals surface area (Å²) in [4.78, 5) is 9.75. The molecule has 116 valence electrons. The average Bonchev–Trinajstić information content (AvgIpc) is 2.43. The first-order chi connectivity index (χ1) is 10.2. The molecular weight excluding hydrogens is 358 g/mol. The van der Waals surface area contributed by atoms with Crippen LogP contribution in [0.3, 0.4) is 0 Å². The van der Waals surface area contributed by atoms with Crippen molar-refractivity contribution in [2.24, 2.45) is 0 Å². The maximum absolute atomic E-state index is 13.1. The van der Waals surface area contributed by atoms with Crippen LogP contribution < -0.4 is 4.72 Å². The fourth-order valence-electron chi connectivity index (χ4n) is 1.57. The van der Waals surface area contributed by atoms with E-state index in [2.05, 4.69) is 4.72 Å². The molecule has 6 nitrogen and oxygen atoms in total. The monoisotopic (exact) mass is 364 g/mol. The van der Waals surface area contributed by atoms with Gasteiger partial charge < -0.3 is 0 Å². The molecule has 2 aromatic rings. The van der Waals surface area contributed by atoms with Crippen LogP contribution in [-0.4, -0.2) is 13.3 Å². The van der Waals surface area contributed by atoms with Gasteiger partial charge in [0.15, 0.2) is 0 Å². The first-order valence-electron chi connectivity index (χ1n) is 5.62. The molecule has 0 unspecified atom stereocenters. The predicted octanol–water partition coefficient (Wildman–Crippen LogP) is 3.84. The van der Waals surface area contributed by atoms with Gasteiger partial charge in [0, 0.05) is 6.07 Å². The van der Waals surface area contributed by atoms with Gasteiger partial charge in [-0.25, -0.2) is 12.8 Å². The molecule has 2 rings (SSSR count). The third-order valence-corrected chi connectivity index (χ3v) is 4.58. The molecule has 0 aliphatic rings. The van der Waals surface area contributed by atoms with Crippen LogP contribution in [0.25, 0.3) is 0 Å². The molecule has 0 fully saturated rings. The van der Waals surface area contributed by atoms with Gasteiger partial charge in [0.05, 0.1) is 20.5 Å². The van der Waals surface area contributed by atoms with Crippen LogP contribution in [0.5, 0.6) is 0 Å². The summed E-state index contributed by atoms with van der Waals surface area (Å²) < 4.78 is 39.5. The number of halogens is 3. The maximum atomic E-state index is 13.1. The van der Waals surface area contributed by atoms with E-state index < -0.39 is 26.5 Å². The lowest BCUT2D eigenvalue weighted by atomic mass is 10.3. The zero-order valence-electron chi connectivity index (χ0n) is 10.6. The SMILES string of the molecule is O=[N+]([O-])c1cc(NS(=O)(=O)c2ccc(F)c(Cl)c2)ccc1Cl. The molecule has 0 amide bonds. The second-order valence-corrected chi connectivity index (χ2v) is 6.60. The van der Waals surface area contributed by atoms with E-state index in [-0.39, 0.29) is 20.6 Å². The molecule has 0 spiro atoms. The topological polar surface area (TPSA) is 89.3 Å². The van der Waals surface area contributed by atoms with Gasteiger partial charge in [0.2, 0.25) is 0 Å². The second kappa shape index (κ2) is 6.07. The highest BCUT2D eigenvalue weighted by Gasteiger charge is 2.19. The Labute approximate surface area is 134 Å². The standard InChI is InChI=1S/C12H7Cl2FN2O4S/c13-9-3-1-7(5-12(9)17(18)19)16-22(20,21)8-2-4-11(15)10(14)6-8/h1-6,16H. The van der Waals surface area contributed by atoms with Crippen molar-refractivity contribution in [3.05, 3.63) is 62.4 Å². The van der Waals surface area contributed by atoms with Gasteiger partial charge in [-0.3, -0.25) is 14.8 Å². The van der Waals surface area contributed by atoms with Crippen LogP contribution in [0.4, 0.5) is 15.8 Å². The van der Waals surface area contributed by atoms with Gasteiger partial charge in [0.1, 0.15) is 10.8 Å². The minimum atomic E-state index is -4.07. The summed E-state index contributed by atoms with van der Waals surface area (Å²) in [6.45, 7) is 0. The molecule has 2 aromatic carbocycles. The van der Waals surface area contributed by atoms with E-state index in [4.69, 9.17) is 23.2 Å². The molecule has 0 bridgehead atoms. The summed E-state index contributed by atoms with van der Waals surface area (Å²) in [5.41, 5.74) is -0.504. The third-order valence-electron chi connectivity index (χ3n) is 2.60. The molecule has 0 saturated carbocycles. The Morgan fingerprint density at radius 1 is 1.09 bits per heavy atom. The fraction of sp³-hybridized carbons (Fsp3) is 0. The highest BCUT2D eigenvalue weighted by atomic mass is 35.5. The number of anilines is 1. The molecule has 1 N–H and O–H groups in total. The number of benzene rings is 2. The third kappa shape index (κ3) is 3.46. The molecule has 0 atom stereocenters. The minimum Gasteiger partial charge on any atom is -0.279 e. The average molecular weight is 365 g/mol. The lowest BCUT2D eigenvalue weighted by molar-refractivity contribution is -0.384. The Bertz CT molecular complexity index is 858. The zero-order valence-corrected chi connectivity index (χ0v) is 12.9. The van der Waals surface area contributed by atoms with Crippen molar-refractivity contribution in [2.45, 2.75) is 4.90 Å². The van der Waals surface area contributed by atoms with E-state index in [0.717, 1.165) is 24.3 Å². The Balaban J connectivity index is 2.38. The van der Waals surface area contributed by atoms with Crippen molar-refractivity contribution < 1.29 is 17.7 Å². The summed E-state index contributed by atoms with van der Waals surface area (Å²) >= 11 is 11.2. The molecule has 0 aliphatic heterocycles. The van der Waals surface area contributed by atoms with E-state index in [0.29, 0.717) is 0 Å². The second-order valence-electron chi connectivity index (χ2n) is 4.10. The van der Waals surface area contributed by atoms with Crippen molar-refractivity contribution in [1.29, 1.82) is 0 Å². The lowest BCUT2D eigenvalue weighted by Crippen LogP contribution is -2.13. The first kappa shape index (κ1) is 16.5. The first-order valence-corrected chi connectivity index (χ1v) is 7.86. The number of nitro benzene ring substituents is 1. The summed E-state index contributed by atoms with van der Waals surface area (Å²) in [5, 5.41) is 10.3. The molecule has 0 aliphatic carbocycles. The Morgan fingerprint density at radius 3 is 2.36 bits per heavy atom. The van der Waals surface area contributed by atoms with Gasteiger partial charge in [0.25, 0.3) is 15.7 Å². The normalized spacial score (nSPS) is 11.2. The number of hydrogen-bond donors (Lipinski definition) is 1. The van der Waals surface area contributed by atoms with Crippen molar-refractivity contribution in [2.75, 3.05) is 4.72 Å². The highest BCUT2D eigenvalue weighted by molar-refractivity contribution is 7.92. The fourth-order valence-corrected chi connectivity index (χ4v) is 3.08. The molecule has 22 heavy (non-hydrogen) atoms. The van der Waals surface area contributed by atoms with Crippen LogP contribution in [0.15, 0.2) is 41.3 Å². The van der Waals surface area contributed by atoms with E-state index in [1.165, 1.54) is 12.1 Å². The molecule has 0 aromatic heterocycles. The largest absolute Gasteiger partial charge is 0.289 e. The number of nitrogens with one attached hydrogen (secondary N) is 1. The number of hydrogen-bond acceptors (Lipinski definition) is 4. The van der Waals surface area contributed by atoms with Gasteiger partial charge >= 0.3 is 0 Å². The van der Waals surface area contributed by atoms with Crippen molar-refractivity contribution >= 4 is 44.6 Å². The van der Waals surface area contributed by atoms with Gasteiger partial charge in [-0.05, 0) is 30.3 Å². The Kier molecular flexibility index (Phi) is 4.55.